The van der Waals surface area contributed by atoms with Gasteiger partial charge in [-0.1, -0.05) is 64.1 Å². The normalized spacial score (nSPS) is 12.3. The topological polar surface area (TPSA) is 0 Å². The summed E-state index contributed by atoms with van der Waals surface area (Å²) in [7, 11) is 0. The maximum Gasteiger partial charge on any atom is -0.0236 e. The number of benzene rings is 2. The molecule has 4 aliphatic rings. The molecule has 0 unspecified atom stereocenters. The average Bonchev–Trinajstić information content (AvgIpc) is 2.55. The van der Waals surface area contributed by atoms with Crippen LogP contribution < -0.4 is 0 Å². The smallest absolute Gasteiger partial charge is 0.0236 e. The largest absolute Gasteiger partial charge is 0.0683 e. The van der Waals surface area contributed by atoms with E-state index in [0.29, 0.717) is 0 Å². The average molecular weight is 296 g/mol. The van der Waals surface area contributed by atoms with Crippen molar-refractivity contribution in [2.45, 2.75) is 67.2 Å². The third-order valence-electron chi connectivity index (χ3n) is 4.18. The zero-order chi connectivity index (χ0) is 16.5. The first-order valence-corrected chi connectivity index (χ1v) is 8.89. The van der Waals surface area contributed by atoms with E-state index < -0.39 is 0 Å². The van der Waals surface area contributed by atoms with E-state index in [9.17, 15) is 0 Å². The lowest BCUT2D eigenvalue weighted by Crippen LogP contribution is -2.01. The van der Waals surface area contributed by atoms with Crippen LogP contribution in [0.5, 0.6) is 0 Å². The summed E-state index contributed by atoms with van der Waals surface area (Å²) < 4.78 is 0. The minimum Gasteiger partial charge on any atom is -0.0683 e. The maximum absolute atomic E-state index is 2.37. The summed E-state index contributed by atoms with van der Waals surface area (Å²) >= 11 is 0. The van der Waals surface area contributed by atoms with E-state index in [-0.39, 0.29) is 0 Å². The third kappa shape index (κ3) is 4.73. The zero-order valence-corrected chi connectivity index (χ0v) is 15.3. The Balaban J connectivity index is 0.000000561. The van der Waals surface area contributed by atoms with E-state index in [1.165, 1.54) is 33.4 Å². The van der Waals surface area contributed by atoms with E-state index in [2.05, 4.69) is 50.2 Å². The van der Waals surface area contributed by atoms with Gasteiger partial charge in [-0.25, -0.2) is 0 Å². The molecule has 4 bridgehead atoms. The summed E-state index contributed by atoms with van der Waals surface area (Å²) in [5, 5.41) is 0. The van der Waals surface area contributed by atoms with Crippen molar-refractivity contribution in [1.82, 2.24) is 0 Å². The third-order valence-corrected chi connectivity index (χ3v) is 4.18. The molecule has 0 spiro atoms. The van der Waals surface area contributed by atoms with Crippen LogP contribution in [-0.2, 0) is 25.7 Å². The second kappa shape index (κ2) is 9.46. The Morgan fingerprint density at radius 2 is 0.909 bits per heavy atom. The lowest BCUT2D eigenvalue weighted by atomic mass is 9.92. The highest BCUT2D eigenvalue weighted by Gasteiger charge is 2.07. The highest BCUT2D eigenvalue weighted by atomic mass is 14.1. The van der Waals surface area contributed by atoms with Crippen LogP contribution >= 0.6 is 0 Å². The second-order valence-electron chi connectivity index (χ2n) is 5.52. The van der Waals surface area contributed by atoms with Gasteiger partial charge in [-0.2, -0.15) is 0 Å². The van der Waals surface area contributed by atoms with Gasteiger partial charge in [0.15, 0.2) is 0 Å². The molecule has 4 aliphatic carbocycles. The van der Waals surface area contributed by atoms with Crippen molar-refractivity contribution >= 4 is 0 Å². The molecular weight excluding hydrogens is 264 g/mol. The fourth-order valence-corrected chi connectivity index (χ4v) is 2.95. The van der Waals surface area contributed by atoms with Gasteiger partial charge in [0.25, 0.3) is 0 Å². The molecule has 0 nitrogen and oxygen atoms in total. The first kappa shape index (κ1) is 18.5. The van der Waals surface area contributed by atoms with Crippen LogP contribution in [0.2, 0.25) is 0 Å². The van der Waals surface area contributed by atoms with Crippen LogP contribution in [0.15, 0.2) is 36.4 Å². The molecule has 0 N–H and O–H groups in total. The lowest BCUT2D eigenvalue weighted by molar-refractivity contribution is 0.904. The van der Waals surface area contributed by atoms with Crippen molar-refractivity contribution in [2.75, 3.05) is 0 Å². The SMILES string of the molecule is CC.CC.Cc1cc2ccc1CCc1ccc(c(C)c1)CC2. The molecule has 0 aromatic heterocycles. The van der Waals surface area contributed by atoms with E-state index >= 15 is 0 Å². The minimum absolute atomic E-state index is 1.15. The van der Waals surface area contributed by atoms with Gasteiger partial charge in [0.2, 0.25) is 0 Å². The molecular formula is C22H32. The Morgan fingerprint density at radius 3 is 1.23 bits per heavy atom. The predicted octanol–water partition coefficient (Wildman–Crippen LogP) is 6.24. The molecule has 22 heavy (non-hydrogen) atoms. The fourth-order valence-electron chi connectivity index (χ4n) is 2.95. The second-order valence-corrected chi connectivity index (χ2v) is 5.52. The summed E-state index contributed by atoms with van der Waals surface area (Å²) in [6.45, 7) is 12.5. The van der Waals surface area contributed by atoms with Crippen LogP contribution in [0.3, 0.4) is 0 Å². The van der Waals surface area contributed by atoms with Crippen LogP contribution in [0.1, 0.15) is 61.1 Å². The molecule has 0 amide bonds. The molecule has 0 aliphatic heterocycles. The van der Waals surface area contributed by atoms with E-state index in [4.69, 9.17) is 0 Å². The van der Waals surface area contributed by atoms with Crippen molar-refractivity contribution in [3.63, 3.8) is 0 Å². The highest BCUT2D eigenvalue weighted by molar-refractivity contribution is 5.36. The Bertz CT molecular complexity index is 525. The van der Waals surface area contributed by atoms with Gasteiger partial charge in [-0.05, 0) is 72.9 Å². The number of hydrogen-bond acceptors (Lipinski definition) is 0. The van der Waals surface area contributed by atoms with Crippen molar-refractivity contribution in [3.05, 3.63) is 69.8 Å². The van der Waals surface area contributed by atoms with Gasteiger partial charge < -0.3 is 0 Å². The Hall–Kier alpha value is -1.56. The molecule has 2 aromatic carbocycles. The highest BCUT2D eigenvalue weighted by Crippen LogP contribution is 2.20. The summed E-state index contributed by atoms with van der Waals surface area (Å²) in [5.74, 6) is 0. The first-order valence-electron chi connectivity index (χ1n) is 8.89. The molecule has 0 fully saturated rings. The van der Waals surface area contributed by atoms with Gasteiger partial charge in [0.1, 0.15) is 0 Å². The monoisotopic (exact) mass is 296 g/mol. The number of hydrogen-bond donors (Lipinski definition) is 0. The van der Waals surface area contributed by atoms with Crippen molar-refractivity contribution < 1.29 is 0 Å². The van der Waals surface area contributed by atoms with Gasteiger partial charge >= 0.3 is 0 Å². The van der Waals surface area contributed by atoms with Crippen LogP contribution in [0, 0.1) is 13.8 Å². The summed E-state index contributed by atoms with van der Waals surface area (Å²) in [5.41, 5.74) is 8.86. The van der Waals surface area contributed by atoms with Gasteiger partial charge in [-0.15, -0.1) is 0 Å². The molecule has 0 heterocycles. The van der Waals surface area contributed by atoms with Gasteiger partial charge in [0, 0.05) is 0 Å². The minimum atomic E-state index is 1.15. The molecule has 0 heteroatoms. The van der Waals surface area contributed by atoms with Crippen molar-refractivity contribution in [3.8, 4) is 0 Å². The summed E-state index contributed by atoms with van der Waals surface area (Å²) in [6, 6.07) is 14.0. The quantitative estimate of drug-likeness (QED) is 0.540. The van der Waals surface area contributed by atoms with Gasteiger partial charge in [0.05, 0.1) is 0 Å². The first-order chi connectivity index (χ1) is 10.7. The molecule has 0 saturated carbocycles. The van der Waals surface area contributed by atoms with Crippen LogP contribution in [0.4, 0.5) is 0 Å². The number of aryl methyl sites for hydroxylation is 6. The van der Waals surface area contributed by atoms with Crippen LogP contribution in [-0.4, -0.2) is 0 Å². The fraction of sp³-hybridized carbons (Fsp3) is 0.455. The Kier molecular flexibility index (Phi) is 7.95. The van der Waals surface area contributed by atoms with E-state index in [1.54, 1.807) is 0 Å². The number of rotatable bonds is 0. The summed E-state index contributed by atoms with van der Waals surface area (Å²) in [4.78, 5) is 0. The molecule has 2 aromatic rings. The van der Waals surface area contributed by atoms with Gasteiger partial charge in [-0.3, -0.25) is 0 Å². The molecule has 120 valence electrons. The van der Waals surface area contributed by atoms with Crippen LogP contribution in [0.25, 0.3) is 0 Å². The summed E-state index contributed by atoms with van der Waals surface area (Å²) in [6.07, 6.45) is 4.62. The maximum atomic E-state index is 2.37. The Labute approximate surface area is 137 Å². The van der Waals surface area contributed by atoms with E-state index in [0.717, 1.165) is 25.7 Å². The standard InChI is InChI=1S/C18H20.2C2H6/c1-13-11-15-3-7-17(13)9-5-16-4-8-18(10-6-15)14(2)12-16;2*1-2/h3-4,7-8,11-12H,5-6,9-10H2,1-2H3;2*1-2H3. The predicted molar refractivity (Wildman–Crippen MR) is 99.9 cm³/mol. The zero-order valence-electron chi connectivity index (χ0n) is 15.3. The molecule has 0 radical (unpaired) electrons. The lowest BCUT2D eigenvalue weighted by Gasteiger charge is -2.14. The molecule has 0 saturated heterocycles. The Morgan fingerprint density at radius 1 is 0.545 bits per heavy atom. The van der Waals surface area contributed by atoms with Crippen molar-refractivity contribution in [1.29, 1.82) is 0 Å². The molecule has 6 rings (SSSR count). The molecule has 0 atom stereocenters. The van der Waals surface area contributed by atoms with Crippen molar-refractivity contribution in [2.24, 2.45) is 0 Å². The van der Waals surface area contributed by atoms with E-state index in [1.807, 2.05) is 27.7 Å².